The summed E-state index contributed by atoms with van der Waals surface area (Å²) in [6, 6.07) is 8.66. The fraction of sp³-hybridized carbons (Fsp3) is 0.389. The van der Waals surface area contributed by atoms with Crippen LogP contribution in [0.1, 0.15) is 21.7 Å². The molecule has 0 unspecified atom stereocenters. The third-order valence-corrected chi connectivity index (χ3v) is 5.15. The zero-order valence-corrected chi connectivity index (χ0v) is 14.5. The SMILES string of the molecule is COc1csc(C(=O)N2CCCN(Cc3ccccc3F)CC2)c1. The normalized spacial score (nSPS) is 16.0. The maximum Gasteiger partial charge on any atom is 0.264 e. The fourth-order valence-corrected chi connectivity index (χ4v) is 3.71. The van der Waals surface area contributed by atoms with E-state index in [1.54, 1.807) is 19.2 Å². The Morgan fingerprint density at radius 1 is 1.25 bits per heavy atom. The number of rotatable bonds is 4. The molecular formula is C18H21FN2O2S. The number of carbonyl (C=O) groups excluding carboxylic acids is 1. The van der Waals surface area contributed by atoms with Gasteiger partial charge in [-0.2, -0.15) is 0 Å². The second-order valence-electron chi connectivity index (χ2n) is 5.86. The molecule has 24 heavy (non-hydrogen) atoms. The second-order valence-corrected chi connectivity index (χ2v) is 6.78. The summed E-state index contributed by atoms with van der Waals surface area (Å²) in [6.07, 6.45) is 0.892. The van der Waals surface area contributed by atoms with Gasteiger partial charge in [-0.1, -0.05) is 18.2 Å². The van der Waals surface area contributed by atoms with Crippen LogP contribution in [0.3, 0.4) is 0 Å². The quantitative estimate of drug-likeness (QED) is 0.850. The topological polar surface area (TPSA) is 32.8 Å². The van der Waals surface area contributed by atoms with Crippen molar-refractivity contribution >= 4 is 17.2 Å². The van der Waals surface area contributed by atoms with E-state index in [2.05, 4.69) is 4.90 Å². The van der Waals surface area contributed by atoms with Gasteiger partial charge in [-0.05, 0) is 12.5 Å². The summed E-state index contributed by atoms with van der Waals surface area (Å²) in [6.45, 7) is 3.59. The van der Waals surface area contributed by atoms with Crippen molar-refractivity contribution in [2.75, 3.05) is 33.3 Å². The molecule has 1 amide bonds. The first-order valence-electron chi connectivity index (χ1n) is 8.05. The Bertz CT molecular complexity index is 704. The molecule has 2 aromatic rings. The maximum atomic E-state index is 13.8. The molecule has 6 heteroatoms. The van der Waals surface area contributed by atoms with Gasteiger partial charge >= 0.3 is 0 Å². The van der Waals surface area contributed by atoms with Crippen molar-refractivity contribution < 1.29 is 13.9 Å². The minimum absolute atomic E-state index is 0.0519. The molecule has 1 aliphatic rings. The highest BCUT2D eigenvalue weighted by Gasteiger charge is 2.22. The van der Waals surface area contributed by atoms with E-state index in [1.807, 2.05) is 22.4 Å². The van der Waals surface area contributed by atoms with Crippen molar-refractivity contribution in [1.29, 1.82) is 0 Å². The Kier molecular flexibility index (Phi) is 5.48. The summed E-state index contributed by atoms with van der Waals surface area (Å²) < 4.78 is 19.0. The van der Waals surface area contributed by atoms with E-state index >= 15 is 0 Å². The standard InChI is InChI=1S/C18H21FN2O2S/c1-23-15-11-17(24-13-15)18(22)21-8-4-7-20(9-10-21)12-14-5-2-3-6-16(14)19/h2-3,5-6,11,13H,4,7-10,12H2,1H3. The lowest BCUT2D eigenvalue weighted by atomic mass is 10.2. The van der Waals surface area contributed by atoms with E-state index in [0.29, 0.717) is 23.5 Å². The molecule has 0 N–H and O–H groups in total. The number of carbonyl (C=O) groups is 1. The van der Waals surface area contributed by atoms with Crippen molar-refractivity contribution in [2.24, 2.45) is 0 Å². The molecule has 3 rings (SSSR count). The summed E-state index contributed by atoms with van der Waals surface area (Å²) in [5, 5.41) is 1.84. The Morgan fingerprint density at radius 3 is 2.83 bits per heavy atom. The van der Waals surface area contributed by atoms with Crippen molar-refractivity contribution in [3.8, 4) is 5.75 Å². The zero-order valence-electron chi connectivity index (χ0n) is 13.7. The molecule has 2 heterocycles. The monoisotopic (exact) mass is 348 g/mol. The number of hydrogen-bond acceptors (Lipinski definition) is 4. The maximum absolute atomic E-state index is 13.8. The molecule has 0 atom stereocenters. The number of benzene rings is 1. The van der Waals surface area contributed by atoms with E-state index in [4.69, 9.17) is 4.74 Å². The van der Waals surface area contributed by atoms with Crippen LogP contribution in [0.5, 0.6) is 5.75 Å². The molecule has 1 aromatic carbocycles. The predicted molar refractivity (Wildman–Crippen MR) is 93.1 cm³/mol. The first kappa shape index (κ1) is 16.9. The number of thiophene rings is 1. The largest absolute Gasteiger partial charge is 0.496 e. The van der Waals surface area contributed by atoms with Gasteiger partial charge < -0.3 is 9.64 Å². The predicted octanol–water partition coefficient (Wildman–Crippen LogP) is 3.24. The van der Waals surface area contributed by atoms with Crippen LogP contribution in [0, 0.1) is 5.82 Å². The van der Waals surface area contributed by atoms with E-state index in [0.717, 1.165) is 31.8 Å². The smallest absolute Gasteiger partial charge is 0.264 e. The third-order valence-electron chi connectivity index (χ3n) is 4.25. The van der Waals surface area contributed by atoms with Crippen LogP contribution in [0.4, 0.5) is 4.39 Å². The Morgan fingerprint density at radius 2 is 2.08 bits per heavy atom. The molecule has 1 aromatic heterocycles. The van der Waals surface area contributed by atoms with Crippen LogP contribution in [-0.4, -0.2) is 49.0 Å². The van der Waals surface area contributed by atoms with Crippen LogP contribution in [0.2, 0.25) is 0 Å². The van der Waals surface area contributed by atoms with Gasteiger partial charge in [0.2, 0.25) is 0 Å². The lowest BCUT2D eigenvalue weighted by molar-refractivity contribution is 0.0765. The summed E-state index contributed by atoms with van der Waals surface area (Å²) >= 11 is 1.41. The summed E-state index contributed by atoms with van der Waals surface area (Å²) in [4.78, 5) is 17.4. The van der Waals surface area contributed by atoms with Crippen LogP contribution in [0.25, 0.3) is 0 Å². The molecule has 1 fully saturated rings. The van der Waals surface area contributed by atoms with E-state index < -0.39 is 0 Å². The molecule has 0 bridgehead atoms. The molecule has 0 spiro atoms. The second kappa shape index (κ2) is 7.77. The van der Waals surface area contributed by atoms with E-state index in [9.17, 15) is 9.18 Å². The molecule has 0 radical (unpaired) electrons. The molecule has 1 aliphatic heterocycles. The first-order chi connectivity index (χ1) is 11.7. The molecule has 128 valence electrons. The van der Waals surface area contributed by atoms with Gasteiger partial charge in [-0.25, -0.2) is 4.39 Å². The van der Waals surface area contributed by atoms with Crippen molar-refractivity contribution in [3.05, 3.63) is 52.0 Å². The van der Waals surface area contributed by atoms with E-state index in [1.165, 1.54) is 17.4 Å². The number of halogens is 1. The highest BCUT2D eigenvalue weighted by molar-refractivity contribution is 7.12. The van der Waals surface area contributed by atoms with Crippen molar-refractivity contribution in [1.82, 2.24) is 9.80 Å². The Labute approximate surface area is 145 Å². The van der Waals surface area contributed by atoms with Crippen molar-refractivity contribution in [2.45, 2.75) is 13.0 Å². The summed E-state index contributed by atoms with van der Waals surface area (Å²) in [7, 11) is 1.60. The molecule has 1 saturated heterocycles. The van der Waals surface area contributed by atoms with Gasteiger partial charge in [0.15, 0.2) is 0 Å². The molecular weight excluding hydrogens is 327 g/mol. The van der Waals surface area contributed by atoms with Gasteiger partial charge in [0.1, 0.15) is 11.6 Å². The molecule has 0 aliphatic carbocycles. The summed E-state index contributed by atoms with van der Waals surface area (Å²) in [5.74, 6) is 0.607. The Balaban J connectivity index is 1.60. The minimum Gasteiger partial charge on any atom is -0.496 e. The van der Waals surface area contributed by atoms with Crippen molar-refractivity contribution in [3.63, 3.8) is 0 Å². The van der Waals surface area contributed by atoms with Crippen LogP contribution in [0.15, 0.2) is 35.7 Å². The van der Waals surface area contributed by atoms with Gasteiger partial charge in [0.05, 0.1) is 12.0 Å². The van der Waals surface area contributed by atoms with Crippen LogP contribution in [-0.2, 0) is 6.54 Å². The van der Waals surface area contributed by atoms with Gasteiger partial charge in [-0.3, -0.25) is 9.69 Å². The number of amides is 1. The lowest BCUT2D eigenvalue weighted by Crippen LogP contribution is -2.34. The Hall–Kier alpha value is -1.92. The fourth-order valence-electron chi connectivity index (χ4n) is 2.89. The average molecular weight is 348 g/mol. The number of hydrogen-bond donors (Lipinski definition) is 0. The first-order valence-corrected chi connectivity index (χ1v) is 8.93. The number of methoxy groups -OCH3 is 1. The van der Waals surface area contributed by atoms with Gasteiger partial charge in [0, 0.05) is 49.7 Å². The van der Waals surface area contributed by atoms with Gasteiger partial charge in [-0.15, -0.1) is 11.3 Å². The molecule has 4 nitrogen and oxygen atoms in total. The average Bonchev–Trinajstić information content (AvgIpc) is 2.96. The minimum atomic E-state index is -0.166. The number of ether oxygens (including phenoxy) is 1. The van der Waals surface area contributed by atoms with E-state index in [-0.39, 0.29) is 11.7 Å². The number of nitrogens with zero attached hydrogens (tertiary/aromatic N) is 2. The van der Waals surface area contributed by atoms with Crippen LogP contribution >= 0.6 is 11.3 Å². The molecule has 0 saturated carbocycles. The summed E-state index contributed by atoms with van der Waals surface area (Å²) in [5.41, 5.74) is 0.709. The third kappa shape index (κ3) is 3.94. The zero-order chi connectivity index (χ0) is 16.9. The highest BCUT2D eigenvalue weighted by atomic mass is 32.1. The van der Waals surface area contributed by atoms with Gasteiger partial charge in [0.25, 0.3) is 5.91 Å². The lowest BCUT2D eigenvalue weighted by Gasteiger charge is -2.21. The van der Waals surface area contributed by atoms with Crippen LogP contribution < -0.4 is 4.74 Å². The highest BCUT2D eigenvalue weighted by Crippen LogP contribution is 2.23.